The number of aromatic nitrogens is 2. The van der Waals surface area contributed by atoms with Crippen molar-refractivity contribution < 1.29 is 19.2 Å². The van der Waals surface area contributed by atoms with Crippen LogP contribution in [0.2, 0.25) is 0 Å². The van der Waals surface area contributed by atoms with E-state index in [0.717, 1.165) is 35.0 Å². The number of nitrogens with zero attached hydrogens (tertiary/aromatic N) is 4. The number of imide groups is 1. The summed E-state index contributed by atoms with van der Waals surface area (Å²) < 4.78 is 0. The average molecular weight is 594 g/mol. The number of carbonyl (C=O) groups is 4. The van der Waals surface area contributed by atoms with Crippen LogP contribution in [0.1, 0.15) is 65.7 Å². The number of likely N-dealkylation sites (tertiary alicyclic amines) is 1. The molecule has 0 spiro atoms. The Morgan fingerprint density at radius 2 is 1.86 bits per heavy atom. The van der Waals surface area contributed by atoms with Crippen molar-refractivity contribution in [3.8, 4) is 0 Å². The van der Waals surface area contributed by atoms with E-state index < -0.39 is 11.9 Å². The second-order valence-corrected chi connectivity index (χ2v) is 11.6. The van der Waals surface area contributed by atoms with Gasteiger partial charge in [-0.25, -0.2) is 4.98 Å². The van der Waals surface area contributed by atoms with Crippen LogP contribution in [-0.2, 0) is 27.3 Å². The van der Waals surface area contributed by atoms with Crippen molar-refractivity contribution in [3.63, 3.8) is 0 Å². The van der Waals surface area contributed by atoms with E-state index in [1.807, 2.05) is 53.6 Å². The number of rotatable bonds is 9. The molecular weight excluding hydrogens is 558 g/mol. The first-order valence-electron chi connectivity index (χ1n) is 15.1. The molecule has 2 saturated heterocycles. The normalized spacial score (nSPS) is 19.2. The smallest absolute Gasteiger partial charge is 0.255 e. The third-order valence-electron chi connectivity index (χ3n) is 8.67. The summed E-state index contributed by atoms with van der Waals surface area (Å²) >= 11 is 0. The molecule has 2 fully saturated rings. The van der Waals surface area contributed by atoms with Crippen LogP contribution in [0.3, 0.4) is 0 Å². The number of para-hydroxylation sites is 2. The lowest BCUT2D eigenvalue weighted by Gasteiger charge is -2.32. The van der Waals surface area contributed by atoms with Gasteiger partial charge in [0.1, 0.15) is 6.04 Å². The maximum Gasteiger partial charge on any atom is 0.255 e. The topological polar surface area (TPSA) is 148 Å². The number of hydrogen-bond acceptors (Lipinski definition) is 8. The molecule has 4 heterocycles. The maximum atomic E-state index is 13.1. The SMILES string of the molecule is N=C/C(=C\NC1CCN(C(=O)CCCc2ccc3c(c2)C(=O)N(C2CCC(=O)NC2=O)C3)CC1)c1cnc2ccccc2n1. The van der Waals surface area contributed by atoms with Gasteiger partial charge in [0.25, 0.3) is 5.91 Å². The minimum Gasteiger partial charge on any atom is -0.387 e. The van der Waals surface area contributed by atoms with E-state index in [1.165, 1.54) is 6.21 Å². The van der Waals surface area contributed by atoms with Gasteiger partial charge in [-0.15, -0.1) is 0 Å². The van der Waals surface area contributed by atoms with Crippen LogP contribution < -0.4 is 10.6 Å². The van der Waals surface area contributed by atoms with E-state index in [4.69, 9.17) is 5.41 Å². The van der Waals surface area contributed by atoms with E-state index in [-0.39, 0.29) is 30.2 Å². The Morgan fingerprint density at radius 3 is 2.64 bits per heavy atom. The highest BCUT2D eigenvalue weighted by molar-refractivity contribution is 6.07. The van der Waals surface area contributed by atoms with Crippen molar-refractivity contribution in [1.82, 2.24) is 30.4 Å². The van der Waals surface area contributed by atoms with Gasteiger partial charge in [0.05, 0.1) is 22.9 Å². The molecule has 3 aromatic rings. The molecule has 11 heteroatoms. The number of fused-ring (bicyclic) bond motifs is 2. The highest BCUT2D eigenvalue weighted by atomic mass is 16.2. The molecule has 6 rings (SSSR count). The number of aryl methyl sites for hydroxylation is 1. The van der Waals surface area contributed by atoms with Gasteiger partial charge in [0.2, 0.25) is 17.7 Å². The molecule has 1 unspecified atom stereocenters. The lowest BCUT2D eigenvalue weighted by molar-refractivity contribution is -0.137. The summed E-state index contributed by atoms with van der Waals surface area (Å²) in [5, 5.41) is 13.6. The van der Waals surface area contributed by atoms with Gasteiger partial charge < -0.3 is 20.5 Å². The number of carbonyl (C=O) groups excluding carboxylic acids is 4. The predicted octanol–water partition coefficient (Wildman–Crippen LogP) is 2.98. The van der Waals surface area contributed by atoms with E-state index >= 15 is 0 Å². The van der Waals surface area contributed by atoms with Gasteiger partial charge in [0.15, 0.2) is 0 Å². The molecule has 1 atom stereocenters. The third kappa shape index (κ3) is 6.22. The van der Waals surface area contributed by atoms with E-state index in [2.05, 4.69) is 20.6 Å². The zero-order chi connectivity index (χ0) is 30.6. The van der Waals surface area contributed by atoms with Crippen molar-refractivity contribution in [3.05, 3.63) is 77.2 Å². The molecule has 0 saturated carbocycles. The minimum absolute atomic E-state index is 0.131. The van der Waals surface area contributed by atoms with E-state index in [9.17, 15) is 19.2 Å². The first-order chi connectivity index (χ1) is 21.4. The lowest BCUT2D eigenvalue weighted by atomic mass is 10.0. The van der Waals surface area contributed by atoms with E-state index in [1.54, 1.807) is 11.1 Å². The van der Waals surface area contributed by atoms with Crippen molar-refractivity contribution in [2.45, 2.75) is 63.6 Å². The summed E-state index contributed by atoms with van der Waals surface area (Å²) in [7, 11) is 0. The third-order valence-corrected chi connectivity index (χ3v) is 8.67. The van der Waals surface area contributed by atoms with E-state index in [0.29, 0.717) is 62.1 Å². The van der Waals surface area contributed by atoms with Crippen molar-refractivity contribution in [2.75, 3.05) is 13.1 Å². The number of piperidine rings is 2. The number of hydrogen-bond donors (Lipinski definition) is 3. The molecular formula is C33H35N7O4. The van der Waals surface area contributed by atoms with Crippen LogP contribution in [0.25, 0.3) is 16.6 Å². The zero-order valence-corrected chi connectivity index (χ0v) is 24.4. The lowest BCUT2D eigenvalue weighted by Crippen LogP contribution is -2.52. The Bertz CT molecular complexity index is 1660. The summed E-state index contributed by atoms with van der Waals surface area (Å²) in [4.78, 5) is 62.3. The van der Waals surface area contributed by atoms with Crippen molar-refractivity contribution in [1.29, 1.82) is 5.41 Å². The molecule has 226 valence electrons. The fraction of sp³-hybridized carbons (Fsp3) is 0.364. The second-order valence-electron chi connectivity index (χ2n) is 11.6. The number of benzene rings is 2. The second kappa shape index (κ2) is 12.7. The standard InChI is InChI=1S/C33H35N7O4/c34-17-23(28-19-36-26-5-1-2-6-27(26)37-28)18-35-24-12-14-39(15-13-24)31(42)7-3-4-21-8-9-22-20-40(33(44)25(22)16-21)29-10-11-30(41)38-32(29)43/h1-2,5-6,8-9,16-19,24,29,34-35H,3-4,7,10-15,20H2,(H,38,41,43)/b23-18+,34-17?. The van der Waals surface area contributed by atoms with Gasteiger partial charge >= 0.3 is 0 Å². The minimum atomic E-state index is -0.624. The van der Waals surface area contributed by atoms with Crippen molar-refractivity contribution in [2.24, 2.45) is 0 Å². The number of nitrogens with one attached hydrogen (secondary N) is 3. The molecule has 0 aliphatic carbocycles. The van der Waals surface area contributed by atoms with Crippen LogP contribution in [-0.4, -0.2) is 74.8 Å². The van der Waals surface area contributed by atoms with Crippen LogP contribution in [0.15, 0.2) is 54.9 Å². The fourth-order valence-corrected chi connectivity index (χ4v) is 6.15. The molecule has 0 bridgehead atoms. The quantitative estimate of drug-likeness (QED) is 0.255. The molecule has 11 nitrogen and oxygen atoms in total. The highest BCUT2D eigenvalue weighted by Gasteiger charge is 2.39. The highest BCUT2D eigenvalue weighted by Crippen LogP contribution is 2.28. The summed E-state index contributed by atoms with van der Waals surface area (Å²) in [6.45, 7) is 1.70. The number of amides is 4. The first kappa shape index (κ1) is 29.2. The largest absolute Gasteiger partial charge is 0.387 e. The molecule has 3 aliphatic heterocycles. The monoisotopic (exact) mass is 593 g/mol. The van der Waals surface area contributed by atoms with Gasteiger partial charge in [-0.3, -0.25) is 29.5 Å². The Balaban J connectivity index is 0.958. The maximum absolute atomic E-state index is 13.1. The summed E-state index contributed by atoms with van der Waals surface area (Å²) in [5.74, 6) is -0.764. The molecule has 2 aromatic carbocycles. The Morgan fingerprint density at radius 1 is 1.07 bits per heavy atom. The summed E-state index contributed by atoms with van der Waals surface area (Å²) in [6.07, 6.45) is 8.76. The fourth-order valence-electron chi connectivity index (χ4n) is 6.15. The Hall–Kier alpha value is -4.93. The van der Waals surface area contributed by atoms with Gasteiger partial charge in [-0.1, -0.05) is 24.3 Å². The van der Waals surface area contributed by atoms with Crippen LogP contribution in [0.4, 0.5) is 0 Å². The molecule has 0 radical (unpaired) electrons. The number of allylic oxidation sites excluding steroid dienone is 1. The molecule has 3 aliphatic rings. The molecule has 44 heavy (non-hydrogen) atoms. The molecule has 4 amide bonds. The van der Waals surface area contributed by atoms with Gasteiger partial charge in [-0.2, -0.15) is 0 Å². The average Bonchev–Trinajstić information content (AvgIpc) is 3.36. The molecule has 1 aromatic heterocycles. The summed E-state index contributed by atoms with van der Waals surface area (Å²) in [6, 6.07) is 13.0. The molecule has 3 N–H and O–H groups in total. The van der Waals surface area contributed by atoms with Crippen molar-refractivity contribution >= 4 is 46.4 Å². The van der Waals surface area contributed by atoms with Crippen LogP contribution in [0, 0.1) is 5.41 Å². The predicted molar refractivity (Wildman–Crippen MR) is 164 cm³/mol. The van der Waals surface area contributed by atoms with Gasteiger partial charge in [-0.05, 0) is 61.4 Å². The Kier molecular flexibility index (Phi) is 8.44. The first-order valence-corrected chi connectivity index (χ1v) is 15.1. The van der Waals surface area contributed by atoms with Crippen LogP contribution in [0.5, 0.6) is 0 Å². The summed E-state index contributed by atoms with van der Waals surface area (Å²) in [5.41, 5.74) is 5.35. The van der Waals surface area contributed by atoms with Gasteiger partial charge in [0, 0.05) is 62.1 Å². The van der Waals surface area contributed by atoms with Crippen LogP contribution >= 0.6 is 0 Å². The zero-order valence-electron chi connectivity index (χ0n) is 24.4. The Labute approximate surface area is 255 Å².